The van der Waals surface area contributed by atoms with Gasteiger partial charge in [0.05, 0.1) is 17.4 Å². The summed E-state index contributed by atoms with van der Waals surface area (Å²) in [7, 11) is 0. The quantitative estimate of drug-likeness (QED) is 0.589. The molecule has 0 aliphatic carbocycles. The van der Waals surface area contributed by atoms with Gasteiger partial charge in [0.2, 0.25) is 0 Å². The van der Waals surface area contributed by atoms with Gasteiger partial charge in [0.15, 0.2) is 0 Å². The van der Waals surface area contributed by atoms with E-state index in [2.05, 4.69) is 5.10 Å². The van der Waals surface area contributed by atoms with Crippen LogP contribution in [0, 0.1) is 6.92 Å². The van der Waals surface area contributed by atoms with Crippen molar-refractivity contribution in [2.45, 2.75) is 12.5 Å². The number of aromatic nitrogens is 2. The summed E-state index contributed by atoms with van der Waals surface area (Å²) >= 11 is 0. The number of aliphatic hydroxyl groups is 1. The van der Waals surface area contributed by atoms with E-state index in [9.17, 15) is 9.50 Å². The highest BCUT2D eigenvalue weighted by Crippen LogP contribution is 2.32. The van der Waals surface area contributed by atoms with Gasteiger partial charge >= 0.3 is 0 Å². The average molecular weight is 346 g/mol. The van der Waals surface area contributed by atoms with Gasteiger partial charge in [0.25, 0.3) is 0 Å². The van der Waals surface area contributed by atoms with Crippen molar-refractivity contribution >= 4 is 10.9 Å². The molecule has 1 unspecified atom stereocenters. The van der Waals surface area contributed by atoms with E-state index in [0.717, 1.165) is 16.6 Å². The number of hydrogen-bond acceptors (Lipinski definition) is 2. The summed E-state index contributed by atoms with van der Waals surface area (Å²) < 4.78 is 15.7. The van der Waals surface area contributed by atoms with Crippen LogP contribution in [-0.4, -0.2) is 21.6 Å². The first-order valence-electron chi connectivity index (χ1n) is 8.51. The van der Waals surface area contributed by atoms with Gasteiger partial charge in [-0.2, -0.15) is 5.10 Å². The summed E-state index contributed by atoms with van der Waals surface area (Å²) in [5.41, 5.74) is 2.44. The molecule has 1 atom stereocenters. The molecule has 0 amide bonds. The zero-order chi connectivity index (χ0) is 18.1. The molecule has 1 N–H and O–H groups in total. The summed E-state index contributed by atoms with van der Waals surface area (Å²) in [6.45, 7) is 1.15. The highest BCUT2D eigenvalue weighted by atomic mass is 19.1. The molecule has 0 spiro atoms. The van der Waals surface area contributed by atoms with Crippen molar-refractivity contribution in [1.29, 1.82) is 0 Å². The lowest BCUT2D eigenvalue weighted by Crippen LogP contribution is -2.29. The van der Waals surface area contributed by atoms with Gasteiger partial charge in [-0.3, -0.25) is 0 Å². The van der Waals surface area contributed by atoms with Gasteiger partial charge in [-0.25, -0.2) is 9.07 Å². The molecule has 0 aliphatic heterocycles. The largest absolute Gasteiger partial charge is 0.378 e. The Morgan fingerprint density at radius 1 is 0.962 bits per heavy atom. The van der Waals surface area contributed by atoms with E-state index in [4.69, 9.17) is 0 Å². The first kappa shape index (κ1) is 16.5. The van der Waals surface area contributed by atoms with Crippen molar-refractivity contribution in [2.24, 2.45) is 0 Å². The Morgan fingerprint density at radius 3 is 2.38 bits per heavy atom. The van der Waals surface area contributed by atoms with Gasteiger partial charge in [-0.05, 0) is 42.3 Å². The molecule has 0 fully saturated rings. The number of hydrogen-bond donors (Lipinski definition) is 1. The predicted octanol–water partition coefficient (Wildman–Crippen LogP) is 4.54. The van der Waals surface area contributed by atoms with Crippen LogP contribution < -0.4 is 0 Å². The van der Waals surface area contributed by atoms with Gasteiger partial charge < -0.3 is 5.11 Å². The van der Waals surface area contributed by atoms with Crippen molar-refractivity contribution in [3.63, 3.8) is 0 Å². The highest BCUT2D eigenvalue weighted by Gasteiger charge is 2.32. The lowest BCUT2D eigenvalue weighted by atomic mass is 9.87. The molecule has 4 aromatic rings. The number of aryl methyl sites for hydroxylation is 1. The molecule has 0 saturated carbocycles. The van der Waals surface area contributed by atoms with E-state index in [1.165, 1.54) is 5.56 Å². The monoisotopic (exact) mass is 346 g/mol. The second kappa shape index (κ2) is 6.39. The lowest BCUT2D eigenvalue weighted by molar-refractivity contribution is 0.0519. The number of alkyl halides is 1. The second-order valence-corrected chi connectivity index (χ2v) is 6.53. The molecule has 3 nitrogen and oxygen atoms in total. The minimum Gasteiger partial charge on any atom is -0.378 e. The molecule has 0 bridgehead atoms. The Bertz CT molecular complexity index is 1040. The molecule has 3 aromatic carbocycles. The molecular formula is C22H19FN2O. The molecule has 26 heavy (non-hydrogen) atoms. The highest BCUT2D eigenvalue weighted by molar-refractivity contribution is 5.81. The van der Waals surface area contributed by atoms with E-state index in [1.807, 2.05) is 48.0 Å². The Balaban J connectivity index is 1.81. The molecule has 0 saturated heterocycles. The minimum absolute atomic E-state index is 0.516. The van der Waals surface area contributed by atoms with Crippen LogP contribution >= 0.6 is 0 Å². The van der Waals surface area contributed by atoms with Crippen molar-refractivity contribution in [3.8, 4) is 5.69 Å². The second-order valence-electron chi connectivity index (χ2n) is 6.53. The number of fused-ring (bicyclic) bond motifs is 1. The van der Waals surface area contributed by atoms with Crippen molar-refractivity contribution < 1.29 is 9.50 Å². The number of rotatable bonds is 4. The van der Waals surface area contributed by atoms with Gasteiger partial charge in [0.1, 0.15) is 12.3 Å². The maximum Gasteiger partial charge on any atom is 0.143 e. The normalized spacial score (nSPS) is 13.7. The third kappa shape index (κ3) is 2.68. The zero-order valence-electron chi connectivity index (χ0n) is 14.4. The lowest BCUT2D eigenvalue weighted by Gasteiger charge is -2.26. The molecule has 130 valence electrons. The summed E-state index contributed by atoms with van der Waals surface area (Å²) in [6.07, 6.45) is 1.74. The van der Waals surface area contributed by atoms with E-state index in [1.54, 1.807) is 42.6 Å². The summed E-state index contributed by atoms with van der Waals surface area (Å²) in [5.74, 6) is 0. The predicted molar refractivity (Wildman–Crippen MR) is 101 cm³/mol. The van der Waals surface area contributed by atoms with E-state index >= 15 is 0 Å². The summed E-state index contributed by atoms with van der Waals surface area (Å²) in [5, 5.41) is 16.3. The van der Waals surface area contributed by atoms with Crippen LogP contribution in [0.15, 0.2) is 79.0 Å². The first-order valence-corrected chi connectivity index (χ1v) is 8.51. The third-order valence-corrected chi connectivity index (χ3v) is 4.77. The van der Waals surface area contributed by atoms with Crippen LogP contribution in [0.1, 0.15) is 16.7 Å². The fourth-order valence-electron chi connectivity index (χ4n) is 3.22. The SMILES string of the molecule is Cc1ccc(-n2ncc3cc(C(O)(CF)c4ccccc4)ccc32)cc1. The van der Waals surface area contributed by atoms with Crippen LogP contribution in [0.4, 0.5) is 4.39 Å². The Labute approximate surface area is 151 Å². The molecular weight excluding hydrogens is 327 g/mol. The average Bonchev–Trinajstić information content (AvgIpc) is 3.12. The van der Waals surface area contributed by atoms with Crippen LogP contribution in [0.2, 0.25) is 0 Å². The maximum absolute atomic E-state index is 13.9. The van der Waals surface area contributed by atoms with E-state index in [0.29, 0.717) is 11.1 Å². The fraction of sp³-hybridized carbons (Fsp3) is 0.136. The first-order chi connectivity index (χ1) is 12.6. The Hall–Kier alpha value is -2.98. The minimum atomic E-state index is -1.67. The molecule has 0 radical (unpaired) electrons. The number of benzene rings is 3. The summed E-state index contributed by atoms with van der Waals surface area (Å²) in [4.78, 5) is 0. The van der Waals surface area contributed by atoms with Crippen molar-refractivity contribution in [1.82, 2.24) is 9.78 Å². The standard InChI is InChI=1S/C22H19FN2O/c1-16-7-10-20(11-8-16)25-21-12-9-19(13-17(21)14-24-25)22(26,15-23)18-5-3-2-4-6-18/h2-14,26H,15H2,1H3. The van der Waals surface area contributed by atoms with E-state index in [-0.39, 0.29) is 0 Å². The Morgan fingerprint density at radius 2 is 1.69 bits per heavy atom. The van der Waals surface area contributed by atoms with Crippen LogP contribution in [-0.2, 0) is 5.60 Å². The van der Waals surface area contributed by atoms with Crippen LogP contribution in [0.3, 0.4) is 0 Å². The van der Waals surface area contributed by atoms with Gasteiger partial charge in [-0.1, -0.05) is 54.1 Å². The number of halogens is 1. The van der Waals surface area contributed by atoms with Gasteiger partial charge in [0, 0.05) is 5.39 Å². The molecule has 1 aromatic heterocycles. The third-order valence-electron chi connectivity index (χ3n) is 4.77. The van der Waals surface area contributed by atoms with E-state index < -0.39 is 12.3 Å². The Kier molecular flexibility index (Phi) is 4.05. The zero-order valence-corrected chi connectivity index (χ0v) is 14.4. The van der Waals surface area contributed by atoms with Crippen LogP contribution in [0.25, 0.3) is 16.6 Å². The summed E-state index contributed by atoms with van der Waals surface area (Å²) in [6, 6.07) is 22.4. The number of nitrogens with zero attached hydrogens (tertiary/aromatic N) is 2. The smallest absolute Gasteiger partial charge is 0.143 e. The van der Waals surface area contributed by atoms with Crippen LogP contribution in [0.5, 0.6) is 0 Å². The molecule has 0 aliphatic rings. The fourth-order valence-corrected chi connectivity index (χ4v) is 3.22. The van der Waals surface area contributed by atoms with Gasteiger partial charge in [-0.15, -0.1) is 0 Å². The maximum atomic E-state index is 13.9. The molecule has 4 rings (SSSR count). The topological polar surface area (TPSA) is 38.0 Å². The van der Waals surface area contributed by atoms with Crippen molar-refractivity contribution in [2.75, 3.05) is 6.67 Å². The van der Waals surface area contributed by atoms with Crippen molar-refractivity contribution in [3.05, 3.63) is 95.7 Å². The molecule has 4 heteroatoms. The molecule has 1 heterocycles.